The topological polar surface area (TPSA) is 52.0 Å². The third kappa shape index (κ3) is 3.59. The molecule has 1 aliphatic rings. The van der Waals surface area contributed by atoms with Gasteiger partial charge in [-0.3, -0.25) is 9.88 Å². The quantitative estimate of drug-likeness (QED) is 0.889. The van der Waals surface area contributed by atoms with Crippen molar-refractivity contribution in [3.63, 3.8) is 0 Å². The molecular formula is C20H25FN4. The summed E-state index contributed by atoms with van der Waals surface area (Å²) in [5, 5.41) is 13.7. The molecule has 1 N–H and O–H groups in total. The lowest BCUT2D eigenvalue weighted by molar-refractivity contribution is 0.106. The Bertz CT molecular complexity index is 824. The highest BCUT2D eigenvalue weighted by Gasteiger charge is 2.27. The first-order chi connectivity index (χ1) is 11.8. The van der Waals surface area contributed by atoms with Gasteiger partial charge in [0.25, 0.3) is 0 Å². The minimum Gasteiger partial charge on any atom is -0.381 e. The van der Waals surface area contributed by atoms with Crippen LogP contribution in [0.25, 0.3) is 10.9 Å². The summed E-state index contributed by atoms with van der Waals surface area (Å²) < 4.78 is 13.9. The molecule has 4 nitrogen and oxygen atoms in total. The Morgan fingerprint density at radius 2 is 1.96 bits per heavy atom. The van der Waals surface area contributed by atoms with Gasteiger partial charge in [0.1, 0.15) is 11.9 Å². The number of piperidine rings is 1. The van der Waals surface area contributed by atoms with Gasteiger partial charge in [-0.2, -0.15) is 5.26 Å². The molecule has 0 spiro atoms. The zero-order chi connectivity index (χ0) is 18.2. The standard InChI is InChI=1S/C20H25FN4/c1-13-9-15(21)10-17-18(13)23-12-14(11-22)19(17)24-16-5-7-25(8-6-16)20(2,3)4/h9-10,12,16H,5-8H2,1-4H3,(H,23,24). The maximum Gasteiger partial charge on any atom is 0.124 e. The first-order valence-corrected chi connectivity index (χ1v) is 8.80. The Morgan fingerprint density at radius 3 is 2.56 bits per heavy atom. The molecule has 1 aromatic carbocycles. The molecule has 0 atom stereocenters. The van der Waals surface area contributed by atoms with Crippen molar-refractivity contribution in [1.29, 1.82) is 5.26 Å². The summed E-state index contributed by atoms with van der Waals surface area (Å²) in [4.78, 5) is 6.83. The van der Waals surface area contributed by atoms with E-state index in [2.05, 4.69) is 42.0 Å². The Morgan fingerprint density at radius 1 is 1.28 bits per heavy atom. The highest BCUT2D eigenvalue weighted by atomic mass is 19.1. The van der Waals surface area contributed by atoms with E-state index in [1.54, 1.807) is 6.20 Å². The molecule has 132 valence electrons. The molecule has 1 fully saturated rings. The van der Waals surface area contributed by atoms with Crippen molar-refractivity contribution in [3.8, 4) is 6.07 Å². The van der Waals surface area contributed by atoms with Crippen LogP contribution < -0.4 is 5.32 Å². The summed E-state index contributed by atoms with van der Waals surface area (Å²) in [6.07, 6.45) is 3.58. The number of nitriles is 1. The summed E-state index contributed by atoms with van der Waals surface area (Å²) >= 11 is 0. The molecule has 2 heterocycles. The molecule has 0 saturated carbocycles. The van der Waals surface area contributed by atoms with Gasteiger partial charge in [0.15, 0.2) is 0 Å². The second kappa shape index (κ2) is 6.61. The van der Waals surface area contributed by atoms with Crippen LogP contribution in [0, 0.1) is 24.1 Å². The van der Waals surface area contributed by atoms with Gasteiger partial charge in [0.05, 0.1) is 16.8 Å². The number of hydrogen-bond donors (Lipinski definition) is 1. The Labute approximate surface area is 148 Å². The van der Waals surface area contributed by atoms with E-state index in [0.717, 1.165) is 37.0 Å². The van der Waals surface area contributed by atoms with Gasteiger partial charge in [-0.15, -0.1) is 0 Å². The van der Waals surface area contributed by atoms with Gasteiger partial charge >= 0.3 is 0 Å². The van der Waals surface area contributed by atoms with Crippen LogP contribution in [0.4, 0.5) is 10.1 Å². The number of aryl methyl sites for hydroxylation is 1. The minimum atomic E-state index is -0.299. The number of pyridine rings is 1. The molecule has 3 rings (SSSR count). The van der Waals surface area contributed by atoms with Gasteiger partial charge in [-0.05, 0) is 58.2 Å². The number of rotatable bonds is 2. The molecule has 0 unspecified atom stereocenters. The third-order valence-corrected chi connectivity index (χ3v) is 5.04. The zero-order valence-corrected chi connectivity index (χ0v) is 15.4. The highest BCUT2D eigenvalue weighted by Crippen LogP contribution is 2.31. The Hall–Kier alpha value is -2.19. The SMILES string of the molecule is Cc1cc(F)cc2c(NC3CCN(C(C)(C)C)CC3)c(C#N)cnc12. The number of likely N-dealkylation sites (tertiary alicyclic amines) is 1. The number of fused-ring (bicyclic) bond motifs is 1. The lowest BCUT2D eigenvalue weighted by Crippen LogP contribution is -2.48. The lowest BCUT2D eigenvalue weighted by atomic mass is 9.97. The average molecular weight is 340 g/mol. The number of nitrogens with zero attached hydrogens (tertiary/aromatic N) is 3. The second-order valence-electron chi connectivity index (χ2n) is 7.85. The van der Waals surface area contributed by atoms with Crippen LogP contribution in [-0.2, 0) is 0 Å². The number of aromatic nitrogens is 1. The summed E-state index contributed by atoms with van der Waals surface area (Å²) in [5.41, 5.74) is 2.88. The van der Waals surface area contributed by atoms with Crippen LogP contribution in [0.2, 0.25) is 0 Å². The Balaban J connectivity index is 1.90. The Kier molecular flexibility index (Phi) is 4.66. The first-order valence-electron chi connectivity index (χ1n) is 8.80. The summed E-state index contributed by atoms with van der Waals surface area (Å²) in [6, 6.07) is 5.42. The lowest BCUT2D eigenvalue weighted by Gasteiger charge is -2.41. The normalized spacial score (nSPS) is 16.8. The van der Waals surface area contributed by atoms with Gasteiger partial charge < -0.3 is 5.32 Å². The van der Waals surface area contributed by atoms with Gasteiger partial charge in [-0.1, -0.05) is 0 Å². The van der Waals surface area contributed by atoms with Crippen molar-refractivity contribution in [2.45, 2.75) is 52.1 Å². The number of nitrogens with one attached hydrogen (secondary N) is 1. The smallest absolute Gasteiger partial charge is 0.124 e. The summed E-state index contributed by atoms with van der Waals surface area (Å²) in [7, 11) is 0. The first kappa shape index (κ1) is 17.6. The monoisotopic (exact) mass is 340 g/mol. The predicted molar refractivity (Wildman–Crippen MR) is 99.1 cm³/mol. The number of benzene rings is 1. The molecule has 0 radical (unpaired) electrons. The molecular weight excluding hydrogens is 315 g/mol. The van der Waals surface area contributed by atoms with Crippen LogP contribution in [0.1, 0.15) is 44.7 Å². The highest BCUT2D eigenvalue weighted by molar-refractivity contribution is 5.95. The molecule has 0 amide bonds. The van der Waals surface area contributed by atoms with Crippen molar-refractivity contribution >= 4 is 16.6 Å². The van der Waals surface area contributed by atoms with Crippen LogP contribution in [-0.4, -0.2) is 34.6 Å². The van der Waals surface area contributed by atoms with E-state index in [9.17, 15) is 9.65 Å². The maximum absolute atomic E-state index is 13.9. The fourth-order valence-corrected chi connectivity index (χ4v) is 3.58. The fraction of sp³-hybridized carbons (Fsp3) is 0.500. The average Bonchev–Trinajstić information content (AvgIpc) is 2.55. The maximum atomic E-state index is 13.9. The zero-order valence-electron chi connectivity index (χ0n) is 15.4. The van der Waals surface area contributed by atoms with E-state index in [-0.39, 0.29) is 17.4 Å². The molecule has 5 heteroatoms. The summed E-state index contributed by atoms with van der Waals surface area (Å²) in [5.74, 6) is -0.299. The van der Waals surface area contributed by atoms with E-state index in [1.165, 1.54) is 12.1 Å². The van der Waals surface area contributed by atoms with Crippen LogP contribution >= 0.6 is 0 Å². The molecule has 1 aromatic heterocycles. The van der Waals surface area contributed by atoms with Crippen LogP contribution in [0.15, 0.2) is 18.3 Å². The van der Waals surface area contributed by atoms with E-state index < -0.39 is 0 Å². The molecule has 0 aliphatic carbocycles. The van der Waals surface area contributed by atoms with E-state index >= 15 is 0 Å². The summed E-state index contributed by atoms with van der Waals surface area (Å²) in [6.45, 7) is 10.6. The van der Waals surface area contributed by atoms with Gasteiger partial charge in [0.2, 0.25) is 0 Å². The molecule has 1 saturated heterocycles. The fourth-order valence-electron chi connectivity index (χ4n) is 3.58. The van der Waals surface area contributed by atoms with Crippen molar-refractivity contribution in [1.82, 2.24) is 9.88 Å². The van der Waals surface area contributed by atoms with E-state index in [0.29, 0.717) is 16.6 Å². The van der Waals surface area contributed by atoms with Crippen molar-refractivity contribution in [2.75, 3.05) is 18.4 Å². The predicted octanol–water partition coefficient (Wildman–Crippen LogP) is 4.23. The molecule has 25 heavy (non-hydrogen) atoms. The van der Waals surface area contributed by atoms with E-state index in [1.807, 2.05) is 6.92 Å². The van der Waals surface area contributed by atoms with Crippen molar-refractivity contribution < 1.29 is 4.39 Å². The van der Waals surface area contributed by atoms with Crippen molar-refractivity contribution in [3.05, 3.63) is 35.3 Å². The third-order valence-electron chi connectivity index (χ3n) is 5.04. The van der Waals surface area contributed by atoms with E-state index in [4.69, 9.17) is 0 Å². The molecule has 2 aromatic rings. The molecule has 1 aliphatic heterocycles. The molecule has 0 bridgehead atoms. The largest absolute Gasteiger partial charge is 0.381 e. The van der Waals surface area contributed by atoms with Crippen LogP contribution in [0.5, 0.6) is 0 Å². The van der Waals surface area contributed by atoms with Gasteiger partial charge in [0, 0.05) is 36.3 Å². The van der Waals surface area contributed by atoms with Gasteiger partial charge in [-0.25, -0.2) is 4.39 Å². The van der Waals surface area contributed by atoms with Crippen LogP contribution in [0.3, 0.4) is 0 Å². The minimum absolute atomic E-state index is 0.173. The number of halogens is 1. The van der Waals surface area contributed by atoms with Crippen molar-refractivity contribution in [2.24, 2.45) is 0 Å². The second-order valence-corrected chi connectivity index (χ2v) is 7.85. The number of hydrogen-bond acceptors (Lipinski definition) is 4. The number of anilines is 1.